The Bertz CT molecular complexity index is 533. The molecular formula is C12H17NO3S. The van der Waals surface area contributed by atoms with Gasteiger partial charge < -0.3 is 5.32 Å². The molecule has 1 amide bonds. The van der Waals surface area contributed by atoms with Crippen LogP contribution in [0.3, 0.4) is 0 Å². The maximum absolute atomic E-state index is 11.5. The minimum atomic E-state index is -3.20. The number of amides is 1. The Kier molecular flexibility index (Phi) is 3.93. The van der Waals surface area contributed by atoms with Gasteiger partial charge in [-0.3, -0.25) is 4.79 Å². The monoisotopic (exact) mass is 255 g/mol. The summed E-state index contributed by atoms with van der Waals surface area (Å²) in [7, 11) is -3.20. The second-order valence-electron chi connectivity index (χ2n) is 4.39. The van der Waals surface area contributed by atoms with Crippen molar-refractivity contribution in [1.82, 2.24) is 0 Å². The highest BCUT2D eigenvalue weighted by atomic mass is 32.2. The van der Waals surface area contributed by atoms with Gasteiger partial charge in [-0.15, -0.1) is 0 Å². The van der Waals surface area contributed by atoms with Crippen molar-refractivity contribution in [3.63, 3.8) is 0 Å². The van der Waals surface area contributed by atoms with Crippen molar-refractivity contribution in [2.45, 2.75) is 25.7 Å². The van der Waals surface area contributed by atoms with Crippen molar-refractivity contribution >= 4 is 21.4 Å². The van der Waals surface area contributed by atoms with Gasteiger partial charge in [-0.2, -0.15) is 0 Å². The van der Waals surface area contributed by atoms with Crippen LogP contribution in [-0.2, 0) is 14.6 Å². The van der Waals surface area contributed by atoms with E-state index in [2.05, 4.69) is 5.32 Å². The molecule has 0 saturated carbocycles. The van der Waals surface area contributed by atoms with Crippen LogP contribution in [0.2, 0.25) is 0 Å². The molecule has 1 N–H and O–H groups in total. The van der Waals surface area contributed by atoms with Gasteiger partial charge in [0.05, 0.1) is 4.90 Å². The largest absolute Gasteiger partial charge is 0.326 e. The summed E-state index contributed by atoms with van der Waals surface area (Å²) in [6.07, 6.45) is 1.16. The Morgan fingerprint density at radius 3 is 2.29 bits per heavy atom. The van der Waals surface area contributed by atoms with E-state index in [1.165, 1.54) is 6.07 Å². The predicted molar refractivity (Wildman–Crippen MR) is 67.8 cm³/mol. The van der Waals surface area contributed by atoms with E-state index in [0.29, 0.717) is 5.69 Å². The number of aryl methyl sites for hydroxylation is 1. The smallest absolute Gasteiger partial charge is 0.226 e. The minimum Gasteiger partial charge on any atom is -0.326 e. The molecule has 0 aliphatic heterocycles. The number of hydrogen-bond acceptors (Lipinski definition) is 3. The summed E-state index contributed by atoms with van der Waals surface area (Å²) in [5, 5.41) is 2.75. The third kappa shape index (κ3) is 3.56. The molecule has 0 aliphatic carbocycles. The number of anilines is 1. The lowest BCUT2D eigenvalue weighted by Gasteiger charge is -2.11. The van der Waals surface area contributed by atoms with Gasteiger partial charge in [0.1, 0.15) is 0 Å². The fourth-order valence-electron chi connectivity index (χ4n) is 1.28. The van der Waals surface area contributed by atoms with E-state index >= 15 is 0 Å². The maximum atomic E-state index is 11.5. The Hall–Kier alpha value is -1.36. The zero-order valence-corrected chi connectivity index (χ0v) is 11.3. The Balaban J connectivity index is 3.03. The number of benzene rings is 1. The summed E-state index contributed by atoms with van der Waals surface area (Å²) in [4.78, 5) is 11.8. The van der Waals surface area contributed by atoms with Crippen LogP contribution in [0, 0.1) is 12.8 Å². The molecule has 1 aromatic rings. The molecule has 0 radical (unpaired) electrons. The first-order valence-electron chi connectivity index (χ1n) is 5.33. The molecule has 0 unspecified atom stereocenters. The zero-order chi connectivity index (χ0) is 13.2. The van der Waals surface area contributed by atoms with Crippen LogP contribution in [0.5, 0.6) is 0 Å². The number of sulfone groups is 1. The molecule has 4 nitrogen and oxygen atoms in total. The number of hydrogen-bond donors (Lipinski definition) is 1. The second kappa shape index (κ2) is 4.87. The van der Waals surface area contributed by atoms with Gasteiger partial charge in [-0.25, -0.2) is 8.42 Å². The van der Waals surface area contributed by atoms with E-state index in [1.807, 2.05) is 0 Å². The van der Waals surface area contributed by atoms with E-state index in [4.69, 9.17) is 0 Å². The highest BCUT2D eigenvalue weighted by Crippen LogP contribution is 2.20. The number of nitrogens with one attached hydrogen (secondary N) is 1. The van der Waals surface area contributed by atoms with E-state index in [-0.39, 0.29) is 16.7 Å². The van der Waals surface area contributed by atoms with Crippen molar-refractivity contribution in [2.24, 2.45) is 5.92 Å². The van der Waals surface area contributed by atoms with Crippen LogP contribution in [0.4, 0.5) is 5.69 Å². The molecule has 1 aromatic carbocycles. The number of carbonyl (C=O) groups excluding carboxylic acids is 1. The molecule has 17 heavy (non-hydrogen) atoms. The van der Waals surface area contributed by atoms with Crippen LogP contribution >= 0.6 is 0 Å². The second-order valence-corrected chi connectivity index (χ2v) is 6.41. The summed E-state index contributed by atoms with van der Waals surface area (Å²) in [5.41, 5.74) is 1.39. The highest BCUT2D eigenvalue weighted by Gasteiger charge is 2.12. The molecule has 0 heterocycles. The molecule has 0 aromatic heterocycles. The van der Waals surface area contributed by atoms with Gasteiger partial charge in [0, 0.05) is 17.9 Å². The molecule has 0 saturated heterocycles. The van der Waals surface area contributed by atoms with Gasteiger partial charge in [0.2, 0.25) is 5.91 Å². The number of rotatable bonds is 3. The third-order valence-electron chi connectivity index (χ3n) is 2.41. The average molecular weight is 255 g/mol. The standard InChI is InChI=1S/C12H17NO3S/c1-8(2)12(14)13-11-6-5-10(7-9(11)3)17(4,15)16/h5-8H,1-4H3,(H,13,14). The molecule has 1 rings (SSSR count). The van der Waals surface area contributed by atoms with Gasteiger partial charge in [0.25, 0.3) is 0 Å². The zero-order valence-electron chi connectivity index (χ0n) is 10.4. The van der Waals surface area contributed by atoms with E-state index in [9.17, 15) is 13.2 Å². The van der Waals surface area contributed by atoms with Gasteiger partial charge in [-0.1, -0.05) is 13.8 Å². The molecule has 0 bridgehead atoms. The van der Waals surface area contributed by atoms with Crippen LogP contribution in [0.15, 0.2) is 23.1 Å². The minimum absolute atomic E-state index is 0.0831. The molecule has 0 atom stereocenters. The highest BCUT2D eigenvalue weighted by molar-refractivity contribution is 7.90. The van der Waals surface area contributed by atoms with Crippen LogP contribution in [0.1, 0.15) is 19.4 Å². The fraction of sp³-hybridized carbons (Fsp3) is 0.417. The molecule has 94 valence electrons. The summed E-state index contributed by atoms with van der Waals surface area (Å²) in [6, 6.07) is 4.68. The topological polar surface area (TPSA) is 63.2 Å². The van der Waals surface area contributed by atoms with E-state index in [0.717, 1.165) is 11.8 Å². The van der Waals surface area contributed by atoms with Crippen molar-refractivity contribution in [3.8, 4) is 0 Å². The predicted octanol–water partition coefficient (Wildman–Crippen LogP) is 1.99. The quantitative estimate of drug-likeness (QED) is 0.898. The molecule has 0 fully saturated rings. The van der Waals surface area contributed by atoms with Gasteiger partial charge in [-0.05, 0) is 30.7 Å². The summed E-state index contributed by atoms with van der Waals surface area (Å²) in [6.45, 7) is 5.37. The molecule has 0 aliphatic rings. The molecule has 0 spiro atoms. The Morgan fingerprint density at radius 1 is 1.29 bits per heavy atom. The fourth-order valence-corrected chi connectivity index (χ4v) is 1.99. The molecule has 5 heteroatoms. The Morgan fingerprint density at radius 2 is 1.88 bits per heavy atom. The summed E-state index contributed by atoms with van der Waals surface area (Å²) in [5.74, 6) is -0.191. The molecular weight excluding hydrogens is 238 g/mol. The van der Waals surface area contributed by atoms with Gasteiger partial charge >= 0.3 is 0 Å². The summed E-state index contributed by atoms with van der Waals surface area (Å²) >= 11 is 0. The average Bonchev–Trinajstić information content (AvgIpc) is 2.19. The van der Waals surface area contributed by atoms with Crippen LogP contribution < -0.4 is 5.32 Å². The lowest BCUT2D eigenvalue weighted by Crippen LogP contribution is -2.18. The van der Waals surface area contributed by atoms with Crippen molar-refractivity contribution in [2.75, 3.05) is 11.6 Å². The summed E-state index contributed by atoms with van der Waals surface area (Å²) < 4.78 is 22.7. The van der Waals surface area contributed by atoms with Crippen molar-refractivity contribution in [3.05, 3.63) is 23.8 Å². The van der Waals surface area contributed by atoms with Crippen LogP contribution in [-0.4, -0.2) is 20.6 Å². The maximum Gasteiger partial charge on any atom is 0.226 e. The van der Waals surface area contributed by atoms with E-state index in [1.54, 1.807) is 32.9 Å². The normalized spacial score (nSPS) is 11.6. The number of carbonyl (C=O) groups is 1. The van der Waals surface area contributed by atoms with Crippen LogP contribution in [0.25, 0.3) is 0 Å². The first-order chi connectivity index (χ1) is 7.71. The van der Waals surface area contributed by atoms with E-state index < -0.39 is 9.84 Å². The lowest BCUT2D eigenvalue weighted by molar-refractivity contribution is -0.118. The Labute approximate surface area is 102 Å². The lowest BCUT2D eigenvalue weighted by atomic mass is 10.1. The third-order valence-corrected chi connectivity index (χ3v) is 3.52. The first kappa shape index (κ1) is 13.7. The van der Waals surface area contributed by atoms with Crippen molar-refractivity contribution < 1.29 is 13.2 Å². The van der Waals surface area contributed by atoms with Gasteiger partial charge in [0.15, 0.2) is 9.84 Å². The SMILES string of the molecule is Cc1cc(S(C)(=O)=O)ccc1NC(=O)C(C)C. The van der Waals surface area contributed by atoms with Crippen molar-refractivity contribution in [1.29, 1.82) is 0 Å². The first-order valence-corrected chi connectivity index (χ1v) is 7.22.